The fourth-order valence-corrected chi connectivity index (χ4v) is 1.75. The number of hydrogen-bond acceptors (Lipinski definition) is 3. The van der Waals surface area contributed by atoms with Crippen LogP contribution in [0.2, 0.25) is 0 Å². The van der Waals surface area contributed by atoms with E-state index >= 15 is 0 Å². The molecule has 0 saturated heterocycles. The molecule has 0 saturated carbocycles. The van der Waals surface area contributed by atoms with Crippen molar-refractivity contribution in [3.63, 3.8) is 0 Å². The molecule has 78 valence electrons. The topological polar surface area (TPSA) is 25.8 Å². The van der Waals surface area contributed by atoms with Gasteiger partial charge in [0.25, 0.3) is 0 Å². The summed E-state index contributed by atoms with van der Waals surface area (Å²) in [4.78, 5) is 7.35. The number of thiophene rings is 1. The van der Waals surface area contributed by atoms with Crippen molar-refractivity contribution in [2.45, 2.75) is 6.18 Å². The molecule has 6 heteroatoms. The molecule has 15 heavy (non-hydrogen) atoms. The Bertz CT molecular complexity index is 451. The smallest absolute Gasteiger partial charge is 0.233 e. The molecule has 0 spiro atoms. The predicted octanol–water partition coefficient (Wildman–Crippen LogP) is 3.22. The second-order valence-electron chi connectivity index (χ2n) is 2.74. The van der Waals surface area contributed by atoms with E-state index in [1.807, 2.05) is 0 Å². The van der Waals surface area contributed by atoms with Crippen LogP contribution in [-0.2, 0) is 6.18 Å². The van der Waals surface area contributed by atoms with E-state index in [4.69, 9.17) is 0 Å². The molecule has 0 aliphatic rings. The van der Waals surface area contributed by atoms with Gasteiger partial charge >= 0.3 is 6.18 Å². The van der Waals surface area contributed by atoms with Crippen molar-refractivity contribution < 1.29 is 13.2 Å². The van der Waals surface area contributed by atoms with E-state index in [2.05, 4.69) is 9.97 Å². The quantitative estimate of drug-likeness (QED) is 0.751. The minimum atomic E-state index is -4.49. The van der Waals surface area contributed by atoms with Gasteiger partial charge < -0.3 is 0 Å². The van der Waals surface area contributed by atoms with Crippen LogP contribution >= 0.6 is 11.3 Å². The van der Waals surface area contributed by atoms with Gasteiger partial charge in [0.15, 0.2) is 0 Å². The molecule has 2 aromatic heterocycles. The maximum absolute atomic E-state index is 12.3. The molecule has 0 fully saturated rings. The highest BCUT2D eigenvalue weighted by Crippen LogP contribution is 2.28. The van der Waals surface area contributed by atoms with E-state index in [9.17, 15) is 13.2 Å². The van der Waals surface area contributed by atoms with Crippen LogP contribution in [0.25, 0.3) is 10.6 Å². The average Bonchev–Trinajstić information content (AvgIpc) is 2.69. The van der Waals surface area contributed by atoms with E-state index in [1.165, 1.54) is 17.4 Å². The molecule has 0 amide bonds. The van der Waals surface area contributed by atoms with Gasteiger partial charge in [0.2, 0.25) is 5.82 Å². The zero-order valence-corrected chi connectivity index (χ0v) is 8.14. The SMILES string of the molecule is FC(F)(F)c1nccc(-c2cccs2)n1. The maximum Gasteiger partial charge on any atom is 0.451 e. The number of alkyl halides is 3. The lowest BCUT2D eigenvalue weighted by molar-refractivity contribution is -0.144. The van der Waals surface area contributed by atoms with Gasteiger partial charge in [-0.15, -0.1) is 11.3 Å². The van der Waals surface area contributed by atoms with Crippen LogP contribution in [0, 0.1) is 0 Å². The van der Waals surface area contributed by atoms with Gasteiger partial charge in [-0.25, -0.2) is 9.97 Å². The van der Waals surface area contributed by atoms with Crippen molar-refractivity contribution in [3.8, 4) is 10.6 Å². The highest BCUT2D eigenvalue weighted by atomic mass is 32.1. The summed E-state index contributed by atoms with van der Waals surface area (Å²) in [6.45, 7) is 0. The Morgan fingerprint density at radius 2 is 2.00 bits per heavy atom. The van der Waals surface area contributed by atoms with Gasteiger partial charge in [-0.2, -0.15) is 13.2 Å². The van der Waals surface area contributed by atoms with Crippen LogP contribution in [0.1, 0.15) is 5.82 Å². The summed E-state index contributed by atoms with van der Waals surface area (Å²) in [6, 6.07) is 4.93. The summed E-state index contributed by atoms with van der Waals surface area (Å²) in [5, 5.41) is 1.78. The molecule has 0 unspecified atom stereocenters. The number of halogens is 3. The van der Waals surface area contributed by atoms with Crippen LogP contribution in [0.3, 0.4) is 0 Å². The maximum atomic E-state index is 12.3. The minimum Gasteiger partial charge on any atom is -0.233 e. The Hall–Kier alpha value is -1.43. The first-order valence-electron chi connectivity index (χ1n) is 4.01. The highest BCUT2D eigenvalue weighted by molar-refractivity contribution is 7.13. The fourth-order valence-electron chi connectivity index (χ4n) is 1.06. The van der Waals surface area contributed by atoms with Crippen LogP contribution in [0.5, 0.6) is 0 Å². The van der Waals surface area contributed by atoms with Crippen molar-refractivity contribution in [2.24, 2.45) is 0 Å². The zero-order valence-electron chi connectivity index (χ0n) is 7.32. The van der Waals surface area contributed by atoms with Crippen LogP contribution in [-0.4, -0.2) is 9.97 Å². The lowest BCUT2D eigenvalue weighted by Crippen LogP contribution is -2.10. The molecule has 0 N–H and O–H groups in total. The monoisotopic (exact) mass is 230 g/mol. The van der Waals surface area contributed by atoms with Crippen LogP contribution < -0.4 is 0 Å². The fraction of sp³-hybridized carbons (Fsp3) is 0.111. The molecular formula is C9H5F3N2S. The van der Waals surface area contributed by atoms with E-state index < -0.39 is 12.0 Å². The molecule has 0 aromatic carbocycles. The number of nitrogens with zero attached hydrogens (tertiary/aromatic N) is 2. The van der Waals surface area contributed by atoms with Crippen molar-refractivity contribution in [1.29, 1.82) is 0 Å². The first-order chi connectivity index (χ1) is 7.07. The van der Waals surface area contributed by atoms with Gasteiger partial charge in [-0.05, 0) is 17.5 Å². The zero-order chi connectivity index (χ0) is 10.9. The molecule has 2 aromatic rings. The summed E-state index contributed by atoms with van der Waals surface area (Å²) >= 11 is 1.34. The first kappa shape index (κ1) is 10.1. The Balaban J connectivity index is 2.44. The lowest BCUT2D eigenvalue weighted by atomic mass is 10.3. The van der Waals surface area contributed by atoms with Crippen LogP contribution in [0.15, 0.2) is 29.8 Å². The Kier molecular flexibility index (Phi) is 2.44. The van der Waals surface area contributed by atoms with Crippen LogP contribution in [0.4, 0.5) is 13.2 Å². The van der Waals surface area contributed by atoms with Crippen molar-refractivity contribution >= 4 is 11.3 Å². The molecule has 0 aliphatic carbocycles. The Labute approximate surface area is 87.4 Å². The summed E-state index contributed by atoms with van der Waals surface area (Å²) in [7, 11) is 0. The molecule has 2 nitrogen and oxygen atoms in total. The summed E-state index contributed by atoms with van der Waals surface area (Å²) in [5.41, 5.74) is 0.298. The first-order valence-corrected chi connectivity index (χ1v) is 4.89. The van der Waals surface area contributed by atoms with Gasteiger partial charge in [0.05, 0.1) is 10.6 Å². The normalized spacial score (nSPS) is 11.7. The van der Waals surface area contributed by atoms with E-state index in [0.29, 0.717) is 10.6 Å². The molecule has 0 radical (unpaired) electrons. The third kappa shape index (κ3) is 2.15. The molecule has 2 rings (SSSR count). The Morgan fingerprint density at radius 1 is 1.20 bits per heavy atom. The van der Waals surface area contributed by atoms with Gasteiger partial charge in [-0.3, -0.25) is 0 Å². The number of hydrogen-bond donors (Lipinski definition) is 0. The van der Waals surface area contributed by atoms with Crippen molar-refractivity contribution in [2.75, 3.05) is 0 Å². The Morgan fingerprint density at radius 3 is 2.60 bits per heavy atom. The molecule has 0 bridgehead atoms. The largest absolute Gasteiger partial charge is 0.451 e. The standard InChI is InChI=1S/C9H5F3N2S/c10-9(11,12)8-13-4-3-6(14-8)7-2-1-5-15-7/h1-5H. The van der Waals surface area contributed by atoms with E-state index in [-0.39, 0.29) is 0 Å². The van der Waals surface area contributed by atoms with Crippen molar-refractivity contribution in [1.82, 2.24) is 9.97 Å². The third-order valence-electron chi connectivity index (χ3n) is 1.68. The predicted molar refractivity (Wildman–Crippen MR) is 50.3 cm³/mol. The van der Waals surface area contributed by atoms with Gasteiger partial charge in [0.1, 0.15) is 0 Å². The number of aromatic nitrogens is 2. The third-order valence-corrected chi connectivity index (χ3v) is 2.58. The second kappa shape index (κ2) is 3.62. The molecule has 2 heterocycles. The average molecular weight is 230 g/mol. The molecular weight excluding hydrogens is 225 g/mol. The summed E-state index contributed by atoms with van der Waals surface area (Å²) in [5.74, 6) is -1.10. The second-order valence-corrected chi connectivity index (χ2v) is 3.69. The van der Waals surface area contributed by atoms with Gasteiger partial charge in [0, 0.05) is 6.20 Å². The van der Waals surface area contributed by atoms with E-state index in [0.717, 1.165) is 6.20 Å². The van der Waals surface area contributed by atoms with E-state index in [1.54, 1.807) is 17.5 Å². The summed E-state index contributed by atoms with van der Waals surface area (Å²) in [6.07, 6.45) is -3.38. The highest BCUT2D eigenvalue weighted by Gasteiger charge is 2.34. The van der Waals surface area contributed by atoms with Gasteiger partial charge in [-0.1, -0.05) is 6.07 Å². The minimum absolute atomic E-state index is 0.298. The molecule has 0 atom stereocenters. The van der Waals surface area contributed by atoms with Crippen molar-refractivity contribution in [3.05, 3.63) is 35.6 Å². The lowest BCUT2D eigenvalue weighted by Gasteiger charge is -2.04. The molecule has 0 aliphatic heterocycles. The number of rotatable bonds is 1. The summed E-state index contributed by atoms with van der Waals surface area (Å²) < 4.78 is 36.9.